The number of aromatic nitrogens is 2. The van der Waals surface area contributed by atoms with E-state index in [1.807, 2.05) is 0 Å². The van der Waals surface area contributed by atoms with E-state index in [9.17, 15) is 0 Å². The van der Waals surface area contributed by atoms with Crippen molar-refractivity contribution in [1.82, 2.24) is 9.97 Å². The van der Waals surface area contributed by atoms with E-state index in [0.717, 1.165) is 0 Å². The number of hydrogen-bond acceptors (Lipinski definition) is 6. The first-order valence-corrected chi connectivity index (χ1v) is 5.36. The van der Waals surface area contributed by atoms with Crippen molar-refractivity contribution in [2.24, 2.45) is 0 Å². The van der Waals surface area contributed by atoms with E-state index in [-0.39, 0.29) is 12.4 Å². The molecule has 19 heavy (non-hydrogen) atoms. The van der Waals surface area contributed by atoms with Crippen LogP contribution in [-0.4, -0.2) is 9.97 Å². The smallest absolute Gasteiger partial charge is 0.114 e. The Kier molecular flexibility index (Phi) is 2.95. The van der Waals surface area contributed by atoms with Gasteiger partial charge in [-0.15, -0.1) is 12.4 Å². The van der Waals surface area contributed by atoms with Crippen LogP contribution in [0.3, 0.4) is 0 Å². The highest BCUT2D eigenvalue weighted by Gasteiger charge is 2.08. The Bertz CT molecular complexity index is 785. The third-order valence-electron chi connectivity index (χ3n) is 2.88. The molecule has 0 saturated carbocycles. The summed E-state index contributed by atoms with van der Waals surface area (Å²) in [6, 6.07) is 6.86. The number of nitrogens with two attached hydrogens (primary N) is 4. The van der Waals surface area contributed by atoms with Gasteiger partial charge in [0, 0.05) is 0 Å². The van der Waals surface area contributed by atoms with E-state index in [0.29, 0.717) is 44.8 Å². The lowest BCUT2D eigenvalue weighted by atomic mass is 10.2. The molecular formula is C12H13ClN6. The van der Waals surface area contributed by atoms with Crippen LogP contribution < -0.4 is 22.9 Å². The number of rotatable bonds is 0. The molecule has 0 radical (unpaired) electrons. The number of nitrogens with zero attached hydrogens (tertiary/aromatic N) is 2. The molecule has 0 saturated heterocycles. The summed E-state index contributed by atoms with van der Waals surface area (Å²) in [7, 11) is 0. The minimum absolute atomic E-state index is 0. The second kappa shape index (κ2) is 4.33. The minimum atomic E-state index is 0. The van der Waals surface area contributed by atoms with Gasteiger partial charge in [0.2, 0.25) is 0 Å². The monoisotopic (exact) mass is 276 g/mol. The zero-order valence-corrected chi connectivity index (χ0v) is 10.7. The van der Waals surface area contributed by atoms with Crippen molar-refractivity contribution in [1.29, 1.82) is 0 Å². The fraction of sp³-hybridized carbons (Fsp3) is 0. The highest BCUT2D eigenvalue weighted by Crippen LogP contribution is 2.28. The molecule has 0 bridgehead atoms. The van der Waals surface area contributed by atoms with Gasteiger partial charge in [-0.05, 0) is 24.3 Å². The first kappa shape index (κ1) is 13.0. The molecule has 1 aromatic heterocycles. The van der Waals surface area contributed by atoms with Gasteiger partial charge in [0.25, 0.3) is 0 Å². The van der Waals surface area contributed by atoms with Gasteiger partial charge in [0.05, 0.1) is 39.3 Å². The second-order valence-corrected chi connectivity index (χ2v) is 4.13. The molecule has 0 aliphatic carbocycles. The standard InChI is InChI=1S/C12H12N6.ClH/c13-5-1-2-8-12(11(5)16)18-10-4-7(15)6(14)3-9(10)17-8;/h1-4H,13-16H2;1H. The van der Waals surface area contributed by atoms with Crippen LogP contribution in [-0.2, 0) is 0 Å². The molecule has 8 N–H and O–H groups in total. The zero-order chi connectivity index (χ0) is 12.9. The highest BCUT2D eigenvalue weighted by molar-refractivity contribution is 5.98. The fourth-order valence-electron chi connectivity index (χ4n) is 1.86. The first-order valence-electron chi connectivity index (χ1n) is 5.36. The van der Waals surface area contributed by atoms with Crippen LogP contribution in [0, 0.1) is 0 Å². The number of benzene rings is 2. The maximum absolute atomic E-state index is 5.89. The molecule has 0 fully saturated rings. The average molecular weight is 277 g/mol. The zero-order valence-electron chi connectivity index (χ0n) is 9.92. The van der Waals surface area contributed by atoms with Crippen LogP contribution in [0.5, 0.6) is 0 Å². The van der Waals surface area contributed by atoms with E-state index >= 15 is 0 Å². The van der Waals surface area contributed by atoms with Crippen LogP contribution in [0.25, 0.3) is 22.1 Å². The van der Waals surface area contributed by atoms with Gasteiger partial charge in [0.15, 0.2) is 0 Å². The largest absolute Gasteiger partial charge is 0.397 e. The lowest BCUT2D eigenvalue weighted by Gasteiger charge is -2.07. The van der Waals surface area contributed by atoms with Gasteiger partial charge >= 0.3 is 0 Å². The predicted octanol–water partition coefficient (Wildman–Crippen LogP) is 1.53. The van der Waals surface area contributed by atoms with Crippen molar-refractivity contribution >= 4 is 57.2 Å². The molecule has 3 aromatic rings. The third kappa shape index (κ3) is 1.92. The topological polar surface area (TPSA) is 130 Å². The lowest BCUT2D eigenvalue weighted by molar-refractivity contribution is 1.40. The maximum Gasteiger partial charge on any atom is 0.114 e. The Labute approximate surface area is 115 Å². The van der Waals surface area contributed by atoms with Gasteiger partial charge in [-0.2, -0.15) is 0 Å². The molecular weight excluding hydrogens is 264 g/mol. The van der Waals surface area contributed by atoms with E-state index < -0.39 is 0 Å². The molecule has 0 unspecified atom stereocenters. The Morgan fingerprint density at radius 1 is 0.684 bits per heavy atom. The van der Waals surface area contributed by atoms with Crippen molar-refractivity contribution in [2.45, 2.75) is 0 Å². The molecule has 1 heterocycles. The van der Waals surface area contributed by atoms with Crippen LogP contribution in [0.2, 0.25) is 0 Å². The van der Waals surface area contributed by atoms with E-state index in [4.69, 9.17) is 22.9 Å². The average Bonchev–Trinajstić information content (AvgIpc) is 2.34. The molecule has 6 nitrogen and oxygen atoms in total. The van der Waals surface area contributed by atoms with Crippen molar-refractivity contribution in [3.63, 3.8) is 0 Å². The predicted molar refractivity (Wildman–Crippen MR) is 81.9 cm³/mol. The van der Waals surface area contributed by atoms with Gasteiger partial charge in [-0.3, -0.25) is 0 Å². The number of anilines is 4. The second-order valence-electron chi connectivity index (χ2n) is 4.13. The molecule has 0 atom stereocenters. The molecule has 0 aliphatic heterocycles. The summed E-state index contributed by atoms with van der Waals surface area (Å²) in [5.74, 6) is 0. The van der Waals surface area contributed by atoms with Gasteiger partial charge in [0.1, 0.15) is 5.52 Å². The summed E-state index contributed by atoms with van der Waals surface area (Å²) >= 11 is 0. The quantitative estimate of drug-likeness (QED) is 0.364. The third-order valence-corrected chi connectivity index (χ3v) is 2.88. The molecule has 0 aliphatic rings. The van der Waals surface area contributed by atoms with E-state index in [2.05, 4.69) is 9.97 Å². The number of nitrogen functional groups attached to an aromatic ring is 4. The van der Waals surface area contributed by atoms with Crippen molar-refractivity contribution in [2.75, 3.05) is 22.9 Å². The number of fused-ring (bicyclic) bond motifs is 2. The normalized spacial score (nSPS) is 10.5. The molecule has 0 amide bonds. The SMILES string of the molecule is Cl.Nc1cc2nc3ccc(N)c(N)c3nc2cc1N. The van der Waals surface area contributed by atoms with Crippen molar-refractivity contribution in [3.05, 3.63) is 24.3 Å². The summed E-state index contributed by atoms with van der Waals surface area (Å²) in [5, 5.41) is 0. The summed E-state index contributed by atoms with van der Waals surface area (Å²) in [5.41, 5.74) is 27.6. The maximum atomic E-state index is 5.89. The van der Waals surface area contributed by atoms with Crippen molar-refractivity contribution < 1.29 is 0 Å². The van der Waals surface area contributed by atoms with Gasteiger partial charge < -0.3 is 22.9 Å². The fourth-order valence-corrected chi connectivity index (χ4v) is 1.86. The summed E-state index contributed by atoms with van der Waals surface area (Å²) in [6.07, 6.45) is 0. The molecule has 3 rings (SSSR count). The summed E-state index contributed by atoms with van der Waals surface area (Å²) < 4.78 is 0. The van der Waals surface area contributed by atoms with Crippen LogP contribution in [0.4, 0.5) is 22.7 Å². The Hall–Kier alpha value is -2.47. The minimum Gasteiger partial charge on any atom is -0.397 e. The number of halogens is 1. The summed E-state index contributed by atoms with van der Waals surface area (Å²) in [6.45, 7) is 0. The molecule has 0 spiro atoms. The molecule has 7 heteroatoms. The van der Waals surface area contributed by atoms with Crippen LogP contribution in [0.1, 0.15) is 0 Å². The van der Waals surface area contributed by atoms with Crippen LogP contribution >= 0.6 is 12.4 Å². The molecule has 98 valence electrons. The first-order chi connectivity index (χ1) is 8.56. The van der Waals surface area contributed by atoms with Crippen LogP contribution in [0.15, 0.2) is 24.3 Å². The highest BCUT2D eigenvalue weighted by atomic mass is 35.5. The van der Waals surface area contributed by atoms with E-state index in [1.165, 1.54) is 0 Å². The van der Waals surface area contributed by atoms with Gasteiger partial charge in [-0.1, -0.05) is 0 Å². The van der Waals surface area contributed by atoms with Crippen molar-refractivity contribution in [3.8, 4) is 0 Å². The summed E-state index contributed by atoms with van der Waals surface area (Å²) in [4.78, 5) is 8.88. The van der Waals surface area contributed by atoms with E-state index in [1.54, 1.807) is 24.3 Å². The lowest BCUT2D eigenvalue weighted by Crippen LogP contribution is -2.00. The Balaban J connectivity index is 0.00000133. The Morgan fingerprint density at radius 3 is 1.89 bits per heavy atom. The van der Waals surface area contributed by atoms with Gasteiger partial charge in [-0.25, -0.2) is 9.97 Å². The molecule has 2 aromatic carbocycles. The Morgan fingerprint density at radius 2 is 1.26 bits per heavy atom. The number of hydrogen-bond donors (Lipinski definition) is 4.